The molecule has 0 saturated heterocycles. The SMILES string of the molecule is Cn1cncc1C(c1ccc(C#N)c(-c2cccc3ccccc23)c1)N(CCc1ccccc1)CC(O)c1ccccc1. The third kappa shape index (κ3) is 6.12. The van der Waals surface area contributed by atoms with Crippen LogP contribution in [0.25, 0.3) is 21.9 Å². The first kappa shape index (κ1) is 28.1. The van der Waals surface area contributed by atoms with Crippen molar-refractivity contribution in [3.8, 4) is 17.2 Å². The molecule has 0 spiro atoms. The number of hydrogen-bond donors (Lipinski definition) is 1. The summed E-state index contributed by atoms with van der Waals surface area (Å²) in [6.45, 7) is 1.14. The van der Waals surface area contributed by atoms with E-state index in [9.17, 15) is 10.4 Å². The van der Waals surface area contributed by atoms with Crippen LogP contribution in [0.1, 0.15) is 40.1 Å². The number of fused-ring (bicyclic) bond motifs is 1. The average Bonchev–Trinajstić information content (AvgIpc) is 3.49. The standard InChI is InChI=1S/C38H34N4O/c1-41-27-40-25-36(41)38(42(22-21-28-11-4-2-5-12-28)26-37(43)30-14-6-3-7-15-30)31-19-20-32(24-39)35(23-31)34-18-10-16-29-13-8-9-17-33(29)34/h2-20,23,25,27,37-38,43H,21-22,26H2,1H3. The van der Waals surface area contributed by atoms with Gasteiger partial charge in [-0.25, -0.2) is 4.98 Å². The number of imidazole rings is 1. The zero-order chi connectivity index (χ0) is 29.6. The van der Waals surface area contributed by atoms with Crippen molar-refractivity contribution in [2.24, 2.45) is 7.05 Å². The molecule has 1 aromatic heterocycles. The molecule has 1 heterocycles. The van der Waals surface area contributed by atoms with E-state index in [2.05, 4.69) is 76.6 Å². The van der Waals surface area contributed by atoms with Crippen molar-refractivity contribution in [2.45, 2.75) is 18.6 Å². The van der Waals surface area contributed by atoms with Crippen molar-refractivity contribution in [3.63, 3.8) is 0 Å². The van der Waals surface area contributed by atoms with Crippen LogP contribution in [0.5, 0.6) is 0 Å². The van der Waals surface area contributed by atoms with Crippen LogP contribution in [-0.4, -0.2) is 32.6 Å². The van der Waals surface area contributed by atoms with Crippen molar-refractivity contribution in [2.75, 3.05) is 13.1 Å². The molecule has 0 fully saturated rings. The molecule has 2 atom stereocenters. The van der Waals surface area contributed by atoms with Gasteiger partial charge in [-0.15, -0.1) is 0 Å². The molecule has 43 heavy (non-hydrogen) atoms. The molecule has 0 bridgehead atoms. The van der Waals surface area contributed by atoms with Crippen LogP contribution in [0.15, 0.2) is 134 Å². The van der Waals surface area contributed by atoms with Crippen LogP contribution < -0.4 is 0 Å². The fourth-order valence-corrected chi connectivity index (χ4v) is 5.96. The minimum Gasteiger partial charge on any atom is -0.387 e. The van der Waals surface area contributed by atoms with Crippen molar-refractivity contribution >= 4 is 10.8 Å². The largest absolute Gasteiger partial charge is 0.387 e. The van der Waals surface area contributed by atoms with Crippen molar-refractivity contribution in [3.05, 3.63) is 162 Å². The summed E-state index contributed by atoms with van der Waals surface area (Å²) in [6, 6.07) is 43.2. The van der Waals surface area contributed by atoms with Gasteiger partial charge in [-0.2, -0.15) is 5.26 Å². The fourth-order valence-electron chi connectivity index (χ4n) is 5.96. The Bertz CT molecular complexity index is 1850. The Kier molecular flexibility index (Phi) is 8.42. The Hall–Kier alpha value is -5.02. The first-order chi connectivity index (χ1) is 21.1. The second-order valence-electron chi connectivity index (χ2n) is 10.9. The number of aliphatic hydroxyl groups is 1. The fraction of sp³-hybridized carbons (Fsp3) is 0.158. The number of aryl methyl sites for hydroxylation is 1. The van der Waals surface area contributed by atoms with E-state index in [0.29, 0.717) is 18.7 Å². The van der Waals surface area contributed by atoms with Crippen LogP contribution in [0, 0.1) is 11.3 Å². The van der Waals surface area contributed by atoms with E-state index in [-0.39, 0.29) is 6.04 Å². The van der Waals surface area contributed by atoms with Crippen LogP contribution in [0.3, 0.4) is 0 Å². The van der Waals surface area contributed by atoms with E-state index in [1.807, 2.05) is 84.8 Å². The summed E-state index contributed by atoms with van der Waals surface area (Å²) in [5.74, 6) is 0. The molecule has 0 aliphatic carbocycles. The maximum atomic E-state index is 11.5. The highest BCUT2D eigenvalue weighted by Crippen LogP contribution is 2.36. The second-order valence-corrected chi connectivity index (χ2v) is 10.9. The normalized spacial score (nSPS) is 12.7. The smallest absolute Gasteiger partial charge is 0.0998 e. The third-order valence-corrected chi connectivity index (χ3v) is 8.18. The Morgan fingerprint density at radius 2 is 1.53 bits per heavy atom. The molecule has 0 amide bonds. The van der Waals surface area contributed by atoms with Gasteiger partial charge >= 0.3 is 0 Å². The monoisotopic (exact) mass is 562 g/mol. The van der Waals surface area contributed by atoms with Gasteiger partial charge in [-0.1, -0.05) is 109 Å². The van der Waals surface area contributed by atoms with Gasteiger partial charge in [-0.05, 0) is 51.6 Å². The topological polar surface area (TPSA) is 65.1 Å². The summed E-state index contributed by atoms with van der Waals surface area (Å²) in [7, 11) is 2.01. The Labute approximate surface area is 252 Å². The van der Waals surface area contributed by atoms with Gasteiger partial charge in [0.25, 0.3) is 0 Å². The van der Waals surface area contributed by atoms with Gasteiger partial charge in [0.2, 0.25) is 0 Å². The molecule has 2 unspecified atom stereocenters. The summed E-state index contributed by atoms with van der Waals surface area (Å²) < 4.78 is 2.05. The number of rotatable bonds is 10. The summed E-state index contributed by atoms with van der Waals surface area (Å²) in [5.41, 5.74) is 6.73. The lowest BCUT2D eigenvalue weighted by Gasteiger charge is -2.34. The quantitative estimate of drug-likeness (QED) is 0.188. The molecule has 0 aliphatic rings. The molecule has 5 aromatic carbocycles. The molecular weight excluding hydrogens is 528 g/mol. The lowest BCUT2D eigenvalue weighted by Crippen LogP contribution is -2.36. The maximum absolute atomic E-state index is 11.5. The van der Waals surface area contributed by atoms with Gasteiger partial charge < -0.3 is 9.67 Å². The van der Waals surface area contributed by atoms with Gasteiger partial charge in [0, 0.05) is 25.7 Å². The molecule has 0 saturated carbocycles. The molecule has 0 radical (unpaired) electrons. The number of hydrogen-bond acceptors (Lipinski definition) is 4. The summed E-state index contributed by atoms with van der Waals surface area (Å²) in [5, 5.41) is 23.9. The highest BCUT2D eigenvalue weighted by molar-refractivity contribution is 5.97. The summed E-state index contributed by atoms with van der Waals surface area (Å²) in [4.78, 5) is 6.83. The van der Waals surface area contributed by atoms with E-state index < -0.39 is 6.10 Å². The Balaban J connectivity index is 1.48. The number of aliphatic hydroxyl groups excluding tert-OH is 1. The molecule has 5 heteroatoms. The van der Waals surface area contributed by atoms with E-state index in [0.717, 1.165) is 45.1 Å². The number of benzene rings is 5. The predicted molar refractivity (Wildman–Crippen MR) is 172 cm³/mol. The van der Waals surface area contributed by atoms with Gasteiger partial charge in [0.05, 0.1) is 42.0 Å². The Morgan fingerprint density at radius 3 is 2.28 bits per heavy atom. The third-order valence-electron chi connectivity index (χ3n) is 8.18. The van der Waals surface area contributed by atoms with Crippen molar-refractivity contribution < 1.29 is 5.11 Å². The summed E-state index contributed by atoms with van der Waals surface area (Å²) >= 11 is 0. The van der Waals surface area contributed by atoms with E-state index in [1.165, 1.54) is 5.56 Å². The van der Waals surface area contributed by atoms with Crippen molar-refractivity contribution in [1.82, 2.24) is 14.5 Å². The zero-order valence-corrected chi connectivity index (χ0v) is 24.2. The molecule has 5 nitrogen and oxygen atoms in total. The minimum absolute atomic E-state index is 0.212. The Morgan fingerprint density at radius 1 is 0.814 bits per heavy atom. The molecule has 212 valence electrons. The highest BCUT2D eigenvalue weighted by atomic mass is 16.3. The maximum Gasteiger partial charge on any atom is 0.0998 e. The van der Waals surface area contributed by atoms with E-state index >= 15 is 0 Å². The molecule has 6 rings (SSSR count). The van der Waals surface area contributed by atoms with Crippen LogP contribution in [0.2, 0.25) is 0 Å². The van der Waals surface area contributed by atoms with Gasteiger partial charge in [-0.3, -0.25) is 4.90 Å². The zero-order valence-electron chi connectivity index (χ0n) is 24.2. The van der Waals surface area contributed by atoms with Crippen molar-refractivity contribution in [1.29, 1.82) is 5.26 Å². The van der Waals surface area contributed by atoms with Gasteiger partial charge in [0.1, 0.15) is 0 Å². The average molecular weight is 563 g/mol. The molecule has 6 aromatic rings. The van der Waals surface area contributed by atoms with Crippen LogP contribution >= 0.6 is 0 Å². The number of nitrogens with zero attached hydrogens (tertiary/aromatic N) is 4. The first-order valence-corrected chi connectivity index (χ1v) is 14.6. The van der Waals surface area contributed by atoms with Gasteiger partial charge in [0.15, 0.2) is 0 Å². The minimum atomic E-state index is -0.677. The van der Waals surface area contributed by atoms with Crippen LogP contribution in [-0.2, 0) is 13.5 Å². The molecule has 1 N–H and O–H groups in total. The predicted octanol–water partition coefficient (Wildman–Crippen LogP) is 7.48. The lowest BCUT2D eigenvalue weighted by molar-refractivity contribution is 0.0951. The second kappa shape index (κ2) is 12.9. The molecule has 0 aliphatic heterocycles. The first-order valence-electron chi connectivity index (χ1n) is 14.6. The lowest BCUT2D eigenvalue weighted by atomic mass is 9.90. The van der Waals surface area contributed by atoms with E-state index in [4.69, 9.17) is 0 Å². The number of aromatic nitrogens is 2. The highest BCUT2D eigenvalue weighted by Gasteiger charge is 2.28. The van der Waals surface area contributed by atoms with Crippen LogP contribution in [0.4, 0.5) is 0 Å². The number of nitriles is 1. The summed E-state index contributed by atoms with van der Waals surface area (Å²) in [6.07, 6.45) is 3.87. The van der Waals surface area contributed by atoms with E-state index in [1.54, 1.807) is 0 Å². The molecular formula is C38H34N4O.